The van der Waals surface area contributed by atoms with Gasteiger partial charge < -0.3 is 14.8 Å². The molecule has 2 aliphatic rings. The number of hydrogen-bond acceptors (Lipinski definition) is 3. The first-order valence-electron chi connectivity index (χ1n) is 7.08. The number of hydrogen-bond donors (Lipinski definition) is 1. The van der Waals surface area contributed by atoms with Gasteiger partial charge in [-0.3, -0.25) is 0 Å². The van der Waals surface area contributed by atoms with Gasteiger partial charge in [0.25, 0.3) is 0 Å². The smallest absolute Gasteiger partial charge is 0.109 e. The van der Waals surface area contributed by atoms with Crippen LogP contribution in [-0.2, 0) is 9.47 Å². The Morgan fingerprint density at radius 1 is 1.41 bits per heavy atom. The third-order valence-electron chi connectivity index (χ3n) is 3.56. The van der Waals surface area contributed by atoms with Crippen molar-refractivity contribution in [3.8, 4) is 0 Å². The standard InChI is InChI=1S/C14H25NO2/c1-2-15-13(14-7-3-4-10-17-14)9-8-12-6-5-11-16-12/h7,12-13,15H,2-6,8-11H2,1H3. The van der Waals surface area contributed by atoms with E-state index >= 15 is 0 Å². The van der Waals surface area contributed by atoms with E-state index in [4.69, 9.17) is 9.47 Å². The number of nitrogens with one attached hydrogen (secondary N) is 1. The van der Waals surface area contributed by atoms with Crippen molar-refractivity contribution in [3.05, 3.63) is 11.8 Å². The first-order valence-corrected chi connectivity index (χ1v) is 7.08. The van der Waals surface area contributed by atoms with Gasteiger partial charge in [-0.2, -0.15) is 0 Å². The van der Waals surface area contributed by atoms with Crippen LogP contribution in [0.25, 0.3) is 0 Å². The summed E-state index contributed by atoms with van der Waals surface area (Å²) in [6, 6.07) is 0.393. The first-order chi connectivity index (χ1) is 8.40. The Hall–Kier alpha value is -0.540. The lowest BCUT2D eigenvalue weighted by Crippen LogP contribution is -2.33. The van der Waals surface area contributed by atoms with Gasteiger partial charge in [0.05, 0.1) is 18.8 Å². The minimum absolute atomic E-state index is 0.393. The van der Waals surface area contributed by atoms with Crippen molar-refractivity contribution in [1.82, 2.24) is 5.32 Å². The summed E-state index contributed by atoms with van der Waals surface area (Å²) in [6.45, 7) is 4.99. The highest BCUT2D eigenvalue weighted by Crippen LogP contribution is 2.22. The van der Waals surface area contributed by atoms with Gasteiger partial charge >= 0.3 is 0 Å². The number of rotatable bonds is 6. The molecule has 0 spiro atoms. The summed E-state index contributed by atoms with van der Waals surface area (Å²) in [4.78, 5) is 0. The quantitative estimate of drug-likeness (QED) is 0.773. The fraction of sp³-hybridized carbons (Fsp3) is 0.857. The van der Waals surface area contributed by atoms with E-state index in [1.54, 1.807) is 0 Å². The normalized spacial score (nSPS) is 26.4. The van der Waals surface area contributed by atoms with Crippen LogP contribution in [-0.4, -0.2) is 31.9 Å². The topological polar surface area (TPSA) is 30.5 Å². The van der Waals surface area contributed by atoms with E-state index in [0.717, 1.165) is 51.2 Å². The molecule has 0 bridgehead atoms. The van der Waals surface area contributed by atoms with Crippen LogP contribution >= 0.6 is 0 Å². The lowest BCUT2D eigenvalue weighted by atomic mass is 10.0. The zero-order valence-corrected chi connectivity index (χ0v) is 10.9. The lowest BCUT2D eigenvalue weighted by molar-refractivity contribution is 0.0960. The van der Waals surface area contributed by atoms with Crippen LogP contribution in [0.5, 0.6) is 0 Å². The summed E-state index contributed by atoms with van der Waals surface area (Å²) >= 11 is 0. The fourth-order valence-corrected chi connectivity index (χ4v) is 2.64. The van der Waals surface area contributed by atoms with Gasteiger partial charge in [0, 0.05) is 6.61 Å². The summed E-state index contributed by atoms with van der Waals surface area (Å²) in [5.74, 6) is 1.16. The fourth-order valence-electron chi connectivity index (χ4n) is 2.64. The van der Waals surface area contributed by atoms with Crippen molar-refractivity contribution in [2.45, 2.75) is 57.6 Å². The van der Waals surface area contributed by atoms with Crippen molar-refractivity contribution in [1.29, 1.82) is 0 Å². The predicted molar refractivity (Wildman–Crippen MR) is 68.9 cm³/mol. The molecule has 2 rings (SSSR count). The zero-order chi connectivity index (χ0) is 11.9. The SMILES string of the molecule is CCNC(CCC1CCCO1)C1=CCCCO1. The maximum atomic E-state index is 5.77. The molecule has 0 saturated carbocycles. The van der Waals surface area contributed by atoms with E-state index < -0.39 is 0 Å². The van der Waals surface area contributed by atoms with Gasteiger partial charge in [-0.1, -0.05) is 6.92 Å². The molecule has 1 saturated heterocycles. The second-order valence-electron chi connectivity index (χ2n) is 4.92. The van der Waals surface area contributed by atoms with E-state index in [1.165, 1.54) is 12.8 Å². The molecular weight excluding hydrogens is 214 g/mol. The Labute approximate surface area is 105 Å². The van der Waals surface area contributed by atoms with Crippen LogP contribution in [0, 0.1) is 0 Å². The molecule has 1 N–H and O–H groups in total. The van der Waals surface area contributed by atoms with Crippen molar-refractivity contribution in [2.75, 3.05) is 19.8 Å². The Morgan fingerprint density at radius 2 is 2.35 bits per heavy atom. The molecule has 2 aliphatic heterocycles. The maximum absolute atomic E-state index is 5.77. The van der Waals surface area contributed by atoms with Crippen molar-refractivity contribution in [3.63, 3.8) is 0 Å². The molecule has 3 nitrogen and oxygen atoms in total. The van der Waals surface area contributed by atoms with E-state index in [-0.39, 0.29) is 0 Å². The molecule has 3 heteroatoms. The lowest BCUT2D eigenvalue weighted by Gasteiger charge is -2.25. The van der Waals surface area contributed by atoms with Gasteiger partial charge in [0.15, 0.2) is 0 Å². The van der Waals surface area contributed by atoms with Gasteiger partial charge in [-0.05, 0) is 51.1 Å². The van der Waals surface area contributed by atoms with Crippen molar-refractivity contribution >= 4 is 0 Å². The predicted octanol–water partition coefficient (Wildman–Crippen LogP) is 2.62. The summed E-state index contributed by atoms with van der Waals surface area (Å²) in [5, 5.41) is 3.53. The molecule has 2 heterocycles. The summed E-state index contributed by atoms with van der Waals surface area (Å²) in [6.07, 6.45) is 9.81. The molecule has 0 aromatic heterocycles. The van der Waals surface area contributed by atoms with Crippen LogP contribution in [0.2, 0.25) is 0 Å². The van der Waals surface area contributed by atoms with Gasteiger partial charge in [0.1, 0.15) is 5.76 Å². The molecule has 17 heavy (non-hydrogen) atoms. The molecule has 0 radical (unpaired) electrons. The Balaban J connectivity index is 1.80. The average Bonchev–Trinajstić information content (AvgIpc) is 2.88. The second-order valence-corrected chi connectivity index (χ2v) is 4.92. The zero-order valence-electron chi connectivity index (χ0n) is 10.9. The van der Waals surface area contributed by atoms with Gasteiger partial charge in [-0.15, -0.1) is 0 Å². The Kier molecular flexibility index (Phi) is 5.33. The van der Waals surface area contributed by atoms with Crippen molar-refractivity contribution < 1.29 is 9.47 Å². The van der Waals surface area contributed by atoms with Crippen LogP contribution in [0.1, 0.15) is 45.4 Å². The summed E-state index contributed by atoms with van der Waals surface area (Å²) < 4.78 is 11.4. The number of allylic oxidation sites excluding steroid dienone is 1. The number of ether oxygens (including phenoxy) is 2. The van der Waals surface area contributed by atoms with Gasteiger partial charge in [0.2, 0.25) is 0 Å². The second kappa shape index (κ2) is 7.02. The third kappa shape index (κ3) is 4.00. The molecule has 0 aliphatic carbocycles. The summed E-state index contributed by atoms with van der Waals surface area (Å²) in [7, 11) is 0. The van der Waals surface area contributed by atoms with Gasteiger partial charge in [-0.25, -0.2) is 0 Å². The largest absolute Gasteiger partial charge is 0.497 e. The molecule has 0 aromatic carbocycles. The summed E-state index contributed by atoms with van der Waals surface area (Å²) in [5.41, 5.74) is 0. The Morgan fingerprint density at radius 3 is 3.00 bits per heavy atom. The van der Waals surface area contributed by atoms with E-state index in [1.807, 2.05) is 0 Å². The van der Waals surface area contributed by atoms with Crippen LogP contribution < -0.4 is 5.32 Å². The van der Waals surface area contributed by atoms with Crippen LogP contribution in [0.4, 0.5) is 0 Å². The molecular formula is C14H25NO2. The minimum atomic E-state index is 0.393. The average molecular weight is 239 g/mol. The Bertz CT molecular complexity index is 247. The molecule has 2 unspecified atom stereocenters. The molecule has 2 atom stereocenters. The monoisotopic (exact) mass is 239 g/mol. The van der Waals surface area contributed by atoms with Crippen LogP contribution in [0.3, 0.4) is 0 Å². The van der Waals surface area contributed by atoms with Crippen LogP contribution in [0.15, 0.2) is 11.8 Å². The van der Waals surface area contributed by atoms with Crippen molar-refractivity contribution in [2.24, 2.45) is 0 Å². The first kappa shape index (κ1) is 12.9. The third-order valence-corrected chi connectivity index (χ3v) is 3.56. The van der Waals surface area contributed by atoms with E-state index in [2.05, 4.69) is 18.3 Å². The van der Waals surface area contributed by atoms with E-state index in [0.29, 0.717) is 12.1 Å². The molecule has 0 aromatic rings. The highest BCUT2D eigenvalue weighted by Gasteiger charge is 2.21. The maximum Gasteiger partial charge on any atom is 0.109 e. The highest BCUT2D eigenvalue weighted by molar-refractivity contribution is 5.05. The molecule has 0 amide bonds. The number of likely N-dealkylation sites (N-methyl/N-ethyl adjacent to an activating group) is 1. The molecule has 1 fully saturated rings. The van der Waals surface area contributed by atoms with E-state index in [9.17, 15) is 0 Å². The highest BCUT2D eigenvalue weighted by atomic mass is 16.5. The minimum Gasteiger partial charge on any atom is -0.497 e. The molecule has 98 valence electrons.